The quantitative estimate of drug-likeness (QED) is 0.686. The Balaban J connectivity index is 2.17. The summed E-state index contributed by atoms with van der Waals surface area (Å²) in [5, 5.41) is 0. The van der Waals surface area contributed by atoms with E-state index in [0.717, 1.165) is 26.2 Å². The Hall–Kier alpha value is -0.120. The van der Waals surface area contributed by atoms with Crippen LogP contribution in [0.15, 0.2) is 0 Å². The summed E-state index contributed by atoms with van der Waals surface area (Å²) in [7, 11) is 0. The van der Waals surface area contributed by atoms with Gasteiger partial charge in [0.05, 0.1) is 19.8 Å². The van der Waals surface area contributed by atoms with Crippen molar-refractivity contribution in [1.82, 2.24) is 4.90 Å². The Labute approximate surface area is 99.1 Å². The van der Waals surface area contributed by atoms with Gasteiger partial charge in [-0.25, -0.2) is 0 Å². The number of likely N-dealkylation sites (tertiary alicyclic amines) is 1. The molecule has 16 heavy (non-hydrogen) atoms. The minimum atomic E-state index is -0.303. The monoisotopic (exact) mass is 227 g/mol. The van der Waals surface area contributed by atoms with E-state index in [2.05, 4.69) is 39.5 Å². The number of hydrogen-bond acceptors (Lipinski definition) is 3. The average molecular weight is 227 g/mol. The normalized spacial score (nSPS) is 30.8. The maximum atomic E-state index is 5.84. The van der Waals surface area contributed by atoms with E-state index in [1.54, 1.807) is 0 Å². The second-order valence-corrected chi connectivity index (χ2v) is 6.46. The van der Waals surface area contributed by atoms with Crippen LogP contribution in [0.3, 0.4) is 0 Å². The molecule has 94 valence electrons. The van der Waals surface area contributed by atoms with Gasteiger partial charge < -0.3 is 9.47 Å². The van der Waals surface area contributed by atoms with Gasteiger partial charge in [0.15, 0.2) is 5.79 Å². The molecule has 2 rings (SSSR count). The highest BCUT2D eigenvalue weighted by molar-refractivity contribution is 4.99. The standard InChI is InChI=1S/C13H25NO2/c1-10(2)14-9-13(15-6-7-16-13)8-11(14)12(3,4)5/h10-11H,6-9H2,1-5H3/t11-/m0/s1. The SMILES string of the molecule is CC(C)N1CC2(C[C@H]1C(C)(C)C)OCCO2. The molecule has 0 aliphatic carbocycles. The van der Waals surface area contributed by atoms with E-state index in [4.69, 9.17) is 9.47 Å². The van der Waals surface area contributed by atoms with Crippen LogP contribution < -0.4 is 0 Å². The molecule has 3 heteroatoms. The highest BCUT2D eigenvalue weighted by Crippen LogP contribution is 2.42. The van der Waals surface area contributed by atoms with Crippen molar-refractivity contribution in [2.45, 2.75) is 58.9 Å². The molecule has 0 bridgehead atoms. The molecule has 0 unspecified atom stereocenters. The largest absolute Gasteiger partial charge is 0.346 e. The average Bonchev–Trinajstić information content (AvgIpc) is 2.73. The molecule has 3 nitrogen and oxygen atoms in total. The van der Waals surface area contributed by atoms with E-state index >= 15 is 0 Å². The lowest BCUT2D eigenvalue weighted by Crippen LogP contribution is -2.43. The summed E-state index contributed by atoms with van der Waals surface area (Å²) in [6.45, 7) is 13.9. The molecule has 0 aromatic rings. The van der Waals surface area contributed by atoms with Crippen LogP contribution in [0.2, 0.25) is 0 Å². The second-order valence-electron chi connectivity index (χ2n) is 6.46. The first kappa shape index (κ1) is 12.3. The van der Waals surface area contributed by atoms with Crippen LogP contribution in [0.4, 0.5) is 0 Å². The highest BCUT2D eigenvalue weighted by atomic mass is 16.7. The first-order chi connectivity index (χ1) is 7.34. The van der Waals surface area contributed by atoms with E-state index in [1.165, 1.54) is 0 Å². The van der Waals surface area contributed by atoms with Crippen LogP contribution in [0.1, 0.15) is 41.0 Å². The molecule has 2 saturated heterocycles. The van der Waals surface area contributed by atoms with Gasteiger partial charge in [0.1, 0.15) is 0 Å². The minimum Gasteiger partial charge on any atom is -0.346 e. The fourth-order valence-electron chi connectivity index (χ4n) is 2.92. The smallest absolute Gasteiger partial charge is 0.182 e. The first-order valence-electron chi connectivity index (χ1n) is 6.38. The van der Waals surface area contributed by atoms with Crippen molar-refractivity contribution in [1.29, 1.82) is 0 Å². The summed E-state index contributed by atoms with van der Waals surface area (Å²) >= 11 is 0. The van der Waals surface area contributed by atoms with E-state index in [9.17, 15) is 0 Å². The van der Waals surface area contributed by atoms with Crippen LogP contribution in [0.25, 0.3) is 0 Å². The van der Waals surface area contributed by atoms with Gasteiger partial charge in [-0.2, -0.15) is 0 Å². The predicted molar refractivity (Wildman–Crippen MR) is 64.3 cm³/mol. The number of nitrogens with zero attached hydrogens (tertiary/aromatic N) is 1. The van der Waals surface area contributed by atoms with Crippen LogP contribution in [-0.2, 0) is 9.47 Å². The summed E-state index contributed by atoms with van der Waals surface area (Å²) in [5.41, 5.74) is 0.281. The molecule has 0 amide bonds. The van der Waals surface area contributed by atoms with Crippen molar-refractivity contribution in [2.75, 3.05) is 19.8 Å². The summed E-state index contributed by atoms with van der Waals surface area (Å²) < 4.78 is 11.7. The summed E-state index contributed by atoms with van der Waals surface area (Å²) in [6.07, 6.45) is 1.01. The van der Waals surface area contributed by atoms with Gasteiger partial charge >= 0.3 is 0 Å². The topological polar surface area (TPSA) is 21.7 Å². The van der Waals surface area contributed by atoms with Crippen molar-refractivity contribution in [3.8, 4) is 0 Å². The fourth-order valence-corrected chi connectivity index (χ4v) is 2.92. The molecular weight excluding hydrogens is 202 g/mol. The summed E-state index contributed by atoms with van der Waals surface area (Å²) in [6, 6.07) is 1.10. The Kier molecular flexibility index (Phi) is 3.06. The van der Waals surface area contributed by atoms with Gasteiger partial charge in [-0.3, -0.25) is 4.90 Å². The third-order valence-corrected chi connectivity index (χ3v) is 3.80. The number of hydrogen-bond donors (Lipinski definition) is 0. The van der Waals surface area contributed by atoms with Crippen molar-refractivity contribution in [3.05, 3.63) is 0 Å². The van der Waals surface area contributed by atoms with Gasteiger partial charge in [0.25, 0.3) is 0 Å². The molecule has 2 aliphatic rings. The lowest BCUT2D eigenvalue weighted by atomic mass is 9.84. The van der Waals surface area contributed by atoms with Crippen LogP contribution in [0.5, 0.6) is 0 Å². The zero-order valence-corrected chi connectivity index (χ0v) is 11.2. The van der Waals surface area contributed by atoms with Crippen molar-refractivity contribution in [2.24, 2.45) is 5.41 Å². The lowest BCUT2D eigenvalue weighted by Gasteiger charge is -2.36. The van der Waals surface area contributed by atoms with Gasteiger partial charge in [-0.1, -0.05) is 20.8 Å². The Bertz CT molecular complexity index is 251. The van der Waals surface area contributed by atoms with Gasteiger partial charge in [-0.05, 0) is 19.3 Å². The maximum absolute atomic E-state index is 5.84. The molecule has 2 fully saturated rings. The zero-order chi connectivity index (χ0) is 12.0. The number of ether oxygens (including phenoxy) is 2. The van der Waals surface area contributed by atoms with Crippen molar-refractivity contribution >= 4 is 0 Å². The molecule has 0 saturated carbocycles. The molecular formula is C13H25NO2. The Morgan fingerprint density at radius 1 is 1.19 bits per heavy atom. The van der Waals surface area contributed by atoms with Crippen molar-refractivity contribution in [3.63, 3.8) is 0 Å². The summed E-state index contributed by atoms with van der Waals surface area (Å²) in [5.74, 6) is -0.303. The third-order valence-electron chi connectivity index (χ3n) is 3.80. The molecule has 2 heterocycles. The van der Waals surface area contributed by atoms with E-state index < -0.39 is 0 Å². The summed E-state index contributed by atoms with van der Waals surface area (Å²) in [4.78, 5) is 2.53. The predicted octanol–water partition coefficient (Wildman–Crippen LogP) is 2.26. The zero-order valence-electron chi connectivity index (χ0n) is 11.2. The van der Waals surface area contributed by atoms with Gasteiger partial charge in [0, 0.05) is 18.5 Å². The fraction of sp³-hybridized carbons (Fsp3) is 1.00. The molecule has 1 spiro atoms. The maximum Gasteiger partial charge on any atom is 0.182 e. The minimum absolute atomic E-state index is 0.281. The van der Waals surface area contributed by atoms with Gasteiger partial charge in [-0.15, -0.1) is 0 Å². The molecule has 0 radical (unpaired) electrons. The first-order valence-corrected chi connectivity index (χ1v) is 6.38. The van der Waals surface area contributed by atoms with Crippen LogP contribution in [-0.4, -0.2) is 42.5 Å². The Morgan fingerprint density at radius 3 is 2.12 bits per heavy atom. The number of rotatable bonds is 1. The van der Waals surface area contributed by atoms with Gasteiger partial charge in [0.2, 0.25) is 0 Å². The third kappa shape index (κ3) is 2.13. The molecule has 0 aromatic heterocycles. The molecule has 0 aromatic carbocycles. The highest BCUT2D eigenvalue weighted by Gasteiger charge is 2.52. The molecule has 2 aliphatic heterocycles. The Morgan fingerprint density at radius 2 is 1.75 bits per heavy atom. The van der Waals surface area contributed by atoms with E-state index in [-0.39, 0.29) is 11.2 Å². The molecule has 0 N–H and O–H groups in total. The van der Waals surface area contributed by atoms with Crippen LogP contribution >= 0.6 is 0 Å². The van der Waals surface area contributed by atoms with Crippen molar-refractivity contribution < 1.29 is 9.47 Å². The van der Waals surface area contributed by atoms with Crippen LogP contribution in [0, 0.1) is 5.41 Å². The lowest BCUT2D eigenvalue weighted by molar-refractivity contribution is -0.147. The second kappa shape index (κ2) is 3.97. The molecule has 1 atom stereocenters. The van der Waals surface area contributed by atoms with E-state index in [1.807, 2.05) is 0 Å². The van der Waals surface area contributed by atoms with E-state index in [0.29, 0.717) is 12.1 Å².